The lowest BCUT2D eigenvalue weighted by Crippen LogP contribution is -2.45. The standard InChI is InChI=1S/C14H23NO4S/c1-9-5-6-10(2)15(7-9)20(17,18)14-12(4)19-11(3)13(14)8-16/h9-10,16H,5-8H2,1-4H3. The fourth-order valence-corrected chi connectivity index (χ4v) is 5.12. The number of aliphatic hydroxyl groups excluding tert-OH is 1. The van der Waals surface area contributed by atoms with Crippen molar-refractivity contribution in [3.8, 4) is 0 Å². The Labute approximate surface area is 120 Å². The molecule has 0 aliphatic carbocycles. The van der Waals surface area contributed by atoms with Gasteiger partial charge in [0.2, 0.25) is 10.0 Å². The van der Waals surface area contributed by atoms with Gasteiger partial charge in [0, 0.05) is 18.2 Å². The smallest absolute Gasteiger partial charge is 0.247 e. The van der Waals surface area contributed by atoms with E-state index in [1.165, 1.54) is 0 Å². The molecule has 2 heterocycles. The van der Waals surface area contributed by atoms with Gasteiger partial charge in [-0.2, -0.15) is 4.31 Å². The molecule has 1 aromatic rings. The first-order valence-electron chi connectivity index (χ1n) is 7.00. The molecule has 20 heavy (non-hydrogen) atoms. The van der Waals surface area contributed by atoms with E-state index in [1.54, 1.807) is 18.2 Å². The Morgan fingerprint density at radius 2 is 1.90 bits per heavy atom. The van der Waals surface area contributed by atoms with E-state index in [9.17, 15) is 13.5 Å². The maximum absolute atomic E-state index is 12.9. The Morgan fingerprint density at radius 3 is 2.50 bits per heavy atom. The molecule has 1 N–H and O–H groups in total. The van der Waals surface area contributed by atoms with Crippen molar-refractivity contribution >= 4 is 10.0 Å². The molecule has 0 radical (unpaired) electrons. The van der Waals surface area contributed by atoms with Crippen molar-refractivity contribution in [2.75, 3.05) is 6.54 Å². The molecule has 2 rings (SSSR count). The molecular formula is C14H23NO4S. The second kappa shape index (κ2) is 5.50. The summed E-state index contributed by atoms with van der Waals surface area (Å²) in [5, 5.41) is 9.45. The Balaban J connectivity index is 2.50. The van der Waals surface area contributed by atoms with Crippen LogP contribution < -0.4 is 0 Å². The first kappa shape index (κ1) is 15.5. The topological polar surface area (TPSA) is 70.8 Å². The number of nitrogens with zero attached hydrogens (tertiary/aromatic N) is 1. The zero-order valence-electron chi connectivity index (χ0n) is 12.5. The van der Waals surface area contributed by atoms with Crippen molar-refractivity contribution in [3.05, 3.63) is 17.1 Å². The van der Waals surface area contributed by atoms with Crippen LogP contribution in [-0.4, -0.2) is 30.4 Å². The Morgan fingerprint density at radius 1 is 1.25 bits per heavy atom. The van der Waals surface area contributed by atoms with E-state index in [0.29, 0.717) is 29.5 Å². The highest BCUT2D eigenvalue weighted by atomic mass is 32.2. The zero-order chi connectivity index (χ0) is 15.1. The molecule has 0 bridgehead atoms. The summed E-state index contributed by atoms with van der Waals surface area (Å²) in [6.07, 6.45) is 1.91. The fourth-order valence-electron chi connectivity index (χ4n) is 2.93. The van der Waals surface area contributed by atoms with E-state index in [4.69, 9.17) is 4.42 Å². The van der Waals surface area contributed by atoms with Crippen LogP contribution in [0.25, 0.3) is 0 Å². The average molecular weight is 301 g/mol. The van der Waals surface area contributed by atoms with Crippen LogP contribution in [0.3, 0.4) is 0 Å². The van der Waals surface area contributed by atoms with Crippen molar-refractivity contribution in [1.29, 1.82) is 0 Å². The molecular weight excluding hydrogens is 278 g/mol. The predicted octanol–water partition coefficient (Wildman–Crippen LogP) is 2.20. The van der Waals surface area contributed by atoms with E-state index >= 15 is 0 Å². The van der Waals surface area contributed by atoms with Gasteiger partial charge >= 0.3 is 0 Å². The molecule has 1 fully saturated rings. The molecule has 1 aliphatic rings. The number of sulfonamides is 1. The van der Waals surface area contributed by atoms with Crippen molar-refractivity contribution in [2.24, 2.45) is 5.92 Å². The van der Waals surface area contributed by atoms with Crippen molar-refractivity contribution < 1.29 is 17.9 Å². The largest absolute Gasteiger partial charge is 0.465 e. The highest BCUT2D eigenvalue weighted by Gasteiger charge is 2.37. The van der Waals surface area contributed by atoms with Gasteiger partial charge in [0.1, 0.15) is 16.4 Å². The summed E-state index contributed by atoms with van der Waals surface area (Å²) in [5.41, 5.74) is 0.382. The minimum Gasteiger partial charge on any atom is -0.465 e. The summed E-state index contributed by atoms with van der Waals surface area (Å²) in [4.78, 5) is 0.151. The van der Waals surface area contributed by atoms with Crippen molar-refractivity contribution in [3.63, 3.8) is 0 Å². The molecule has 5 nitrogen and oxygen atoms in total. The van der Waals surface area contributed by atoms with Gasteiger partial charge in [-0.25, -0.2) is 8.42 Å². The summed E-state index contributed by atoms with van der Waals surface area (Å²) in [6.45, 7) is 7.52. The van der Waals surface area contributed by atoms with E-state index < -0.39 is 10.0 Å². The van der Waals surface area contributed by atoms with Gasteiger partial charge in [0.25, 0.3) is 0 Å². The molecule has 114 valence electrons. The van der Waals surface area contributed by atoms with Crippen LogP contribution in [0.4, 0.5) is 0 Å². The number of rotatable bonds is 3. The maximum Gasteiger partial charge on any atom is 0.247 e. The van der Waals surface area contributed by atoms with Crippen LogP contribution in [0.2, 0.25) is 0 Å². The summed E-state index contributed by atoms with van der Waals surface area (Å²) in [5.74, 6) is 1.19. The van der Waals surface area contributed by atoms with Crippen molar-refractivity contribution in [1.82, 2.24) is 4.31 Å². The quantitative estimate of drug-likeness (QED) is 0.929. The molecule has 1 saturated heterocycles. The first-order chi connectivity index (χ1) is 9.28. The van der Waals surface area contributed by atoms with Crippen molar-refractivity contribution in [2.45, 2.75) is 58.1 Å². The summed E-state index contributed by atoms with van der Waals surface area (Å²) in [7, 11) is -3.62. The number of aliphatic hydroxyl groups is 1. The minimum atomic E-state index is -3.62. The second-order valence-electron chi connectivity index (χ2n) is 5.79. The average Bonchev–Trinajstić information content (AvgIpc) is 2.66. The van der Waals surface area contributed by atoms with Crippen LogP contribution in [0.15, 0.2) is 9.31 Å². The molecule has 1 aromatic heterocycles. The zero-order valence-corrected chi connectivity index (χ0v) is 13.3. The first-order valence-corrected chi connectivity index (χ1v) is 8.44. The molecule has 1 aliphatic heterocycles. The maximum atomic E-state index is 12.9. The third kappa shape index (κ3) is 2.52. The van der Waals surface area contributed by atoms with Gasteiger partial charge in [-0.05, 0) is 39.5 Å². The number of piperidine rings is 1. The van der Waals surface area contributed by atoms with Gasteiger partial charge in [-0.15, -0.1) is 0 Å². The van der Waals surface area contributed by atoms with Crippen LogP contribution in [-0.2, 0) is 16.6 Å². The normalized spacial score (nSPS) is 25.1. The molecule has 0 spiro atoms. The van der Waals surface area contributed by atoms with Crippen LogP contribution in [0.5, 0.6) is 0 Å². The second-order valence-corrected chi connectivity index (χ2v) is 7.61. The summed E-state index contributed by atoms with van der Waals surface area (Å²) in [6, 6.07) is -0.0163. The number of hydrogen-bond donors (Lipinski definition) is 1. The SMILES string of the molecule is Cc1oc(C)c(S(=O)(=O)N2CC(C)CCC2C)c1CO. The van der Waals surface area contributed by atoms with Crippen LogP contribution in [0.1, 0.15) is 43.8 Å². The van der Waals surface area contributed by atoms with Crippen LogP contribution in [0, 0.1) is 19.8 Å². The summed E-state index contributed by atoms with van der Waals surface area (Å²) < 4.78 is 32.8. The lowest BCUT2D eigenvalue weighted by Gasteiger charge is -2.35. The third-order valence-corrected chi connectivity index (χ3v) is 6.29. The number of hydrogen-bond acceptors (Lipinski definition) is 4. The third-order valence-electron chi connectivity index (χ3n) is 4.11. The van der Waals surface area contributed by atoms with Gasteiger partial charge in [0.15, 0.2) is 0 Å². The molecule has 6 heteroatoms. The molecule has 0 aromatic carbocycles. The Bertz CT molecular complexity index is 591. The lowest BCUT2D eigenvalue weighted by atomic mass is 9.97. The highest BCUT2D eigenvalue weighted by molar-refractivity contribution is 7.89. The molecule has 0 amide bonds. The number of aryl methyl sites for hydroxylation is 2. The fraction of sp³-hybridized carbons (Fsp3) is 0.714. The van der Waals surface area contributed by atoms with E-state index in [1.807, 2.05) is 6.92 Å². The molecule has 0 saturated carbocycles. The van der Waals surface area contributed by atoms with E-state index in [0.717, 1.165) is 12.8 Å². The van der Waals surface area contributed by atoms with Gasteiger partial charge < -0.3 is 9.52 Å². The monoisotopic (exact) mass is 301 g/mol. The van der Waals surface area contributed by atoms with E-state index in [2.05, 4.69) is 6.92 Å². The minimum absolute atomic E-state index is 0.0163. The Hall–Kier alpha value is -0.850. The highest BCUT2D eigenvalue weighted by Crippen LogP contribution is 2.33. The van der Waals surface area contributed by atoms with Gasteiger partial charge in [0.05, 0.1) is 6.61 Å². The van der Waals surface area contributed by atoms with Crippen LogP contribution >= 0.6 is 0 Å². The Kier molecular flexibility index (Phi) is 4.27. The van der Waals surface area contributed by atoms with Gasteiger partial charge in [-0.1, -0.05) is 6.92 Å². The lowest BCUT2D eigenvalue weighted by molar-refractivity contribution is 0.217. The molecule has 2 atom stereocenters. The molecule has 2 unspecified atom stereocenters. The van der Waals surface area contributed by atoms with E-state index in [-0.39, 0.29) is 17.5 Å². The summed E-state index contributed by atoms with van der Waals surface area (Å²) >= 11 is 0. The predicted molar refractivity (Wildman–Crippen MR) is 75.9 cm³/mol. The number of furan rings is 1. The van der Waals surface area contributed by atoms with Gasteiger partial charge in [-0.3, -0.25) is 0 Å².